The largest absolute Gasteiger partial charge is 0.456 e. The Labute approximate surface area is 163 Å². The van der Waals surface area contributed by atoms with Gasteiger partial charge >= 0.3 is 12.1 Å². The Balaban J connectivity index is 1.74. The van der Waals surface area contributed by atoms with E-state index in [-0.39, 0.29) is 24.3 Å². The van der Waals surface area contributed by atoms with E-state index >= 15 is 0 Å². The van der Waals surface area contributed by atoms with Gasteiger partial charge in [-0.25, -0.2) is 0 Å². The summed E-state index contributed by atoms with van der Waals surface area (Å²) in [5.41, 5.74) is -0.313. The fourth-order valence-corrected chi connectivity index (χ4v) is 2.28. The number of hydrogen-bond donors (Lipinski definition) is 1. The van der Waals surface area contributed by atoms with Crippen molar-refractivity contribution in [1.29, 1.82) is 0 Å². The van der Waals surface area contributed by atoms with Crippen LogP contribution in [0, 0.1) is 0 Å². The summed E-state index contributed by atoms with van der Waals surface area (Å²) in [6.45, 7) is -0.616. The maximum atomic E-state index is 12.5. The van der Waals surface area contributed by atoms with Crippen LogP contribution in [0.5, 0.6) is 0 Å². The summed E-state index contributed by atoms with van der Waals surface area (Å²) >= 11 is 5.73. The zero-order valence-electron chi connectivity index (χ0n) is 14.4. The van der Waals surface area contributed by atoms with Crippen LogP contribution in [0.15, 0.2) is 48.5 Å². The Kier molecular flexibility index (Phi) is 7.17. The first kappa shape index (κ1) is 21.4. The number of halogens is 4. The van der Waals surface area contributed by atoms with Gasteiger partial charge in [0.05, 0.1) is 12.0 Å². The second-order valence-corrected chi connectivity index (χ2v) is 6.15. The molecule has 0 radical (unpaired) electrons. The zero-order chi connectivity index (χ0) is 20.7. The highest BCUT2D eigenvalue weighted by Gasteiger charge is 2.30. The van der Waals surface area contributed by atoms with Crippen LogP contribution in [-0.2, 0) is 20.5 Å². The average molecular weight is 414 g/mol. The molecule has 0 saturated carbocycles. The first-order chi connectivity index (χ1) is 13.1. The molecule has 0 aliphatic carbocycles. The second kappa shape index (κ2) is 9.36. The van der Waals surface area contributed by atoms with Crippen LogP contribution in [0.3, 0.4) is 0 Å². The molecule has 0 heterocycles. The highest BCUT2D eigenvalue weighted by Crippen LogP contribution is 2.29. The fraction of sp³-hybridized carbons (Fsp3) is 0.211. The van der Waals surface area contributed by atoms with E-state index in [1.165, 1.54) is 12.1 Å². The van der Waals surface area contributed by atoms with Crippen molar-refractivity contribution in [2.24, 2.45) is 0 Å². The molecule has 2 aromatic carbocycles. The molecule has 0 aromatic heterocycles. The molecule has 0 aliphatic rings. The lowest BCUT2D eigenvalue weighted by molar-refractivity contribution is -0.147. The Hall–Kier alpha value is -2.87. The molecule has 1 amide bonds. The number of Topliss-reactive ketones (excluding diaryl/α,β-unsaturated/α-hetero) is 1. The number of ether oxygens (including phenoxy) is 1. The maximum Gasteiger partial charge on any atom is 0.416 e. The minimum atomic E-state index is -4.47. The summed E-state index contributed by atoms with van der Waals surface area (Å²) in [5, 5.41) is 2.79. The second-order valence-electron chi connectivity index (χ2n) is 5.71. The van der Waals surface area contributed by atoms with Crippen molar-refractivity contribution < 1.29 is 32.3 Å². The lowest BCUT2D eigenvalue weighted by Gasteiger charge is -2.09. The summed E-state index contributed by atoms with van der Waals surface area (Å²) in [6.07, 6.45) is -4.78. The van der Waals surface area contributed by atoms with E-state index in [1.807, 2.05) is 0 Å². The van der Waals surface area contributed by atoms with E-state index in [9.17, 15) is 27.6 Å². The number of nitrogens with one attached hydrogen (secondary N) is 1. The molecule has 2 aromatic rings. The fourth-order valence-electron chi connectivity index (χ4n) is 2.15. The van der Waals surface area contributed by atoms with Crippen molar-refractivity contribution in [1.82, 2.24) is 0 Å². The van der Waals surface area contributed by atoms with E-state index in [0.717, 1.165) is 24.3 Å². The van der Waals surface area contributed by atoms with Crippen LogP contribution < -0.4 is 5.32 Å². The van der Waals surface area contributed by atoms with Crippen molar-refractivity contribution in [3.8, 4) is 0 Å². The van der Waals surface area contributed by atoms with E-state index in [4.69, 9.17) is 16.3 Å². The Morgan fingerprint density at radius 3 is 2.11 bits per heavy atom. The average Bonchev–Trinajstić information content (AvgIpc) is 2.64. The third-order valence-corrected chi connectivity index (χ3v) is 3.83. The topological polar surface area (TPSA) is 72.5 Å². The molecule has 2 rings (SSSR count). The Morgan fingerprint density at radius 1 is 0.929 bits per heavy atom. The van der Waals surface area contributed by atoms with Crippen LogP contribution >= 0.6 is 11.6 Å². The predicted molar refractivity (Wildman–Crippen MR) is 96.0 cm³/mol. The molecule has 0 saturated heterocycles. The van der Waals surface area contributed by atoms with Crippen LogP contribution in [0.4, 0.5) is 18.9 Å². The van der Waals surface area contributed by atoms with Gasteiger partial charge < -0.3 is 10.1 Å². The van der Waals surface area contributed by atoms with Crippen molar-refractivity contribution in [3.63, 3.8) is 0 Å². The van der Waals surface area contributed by atoms with E-state index in [1.54, 1.807) is 12.1 Å². The van der Waals surface area contributed by atoms with Crippen LogP contribution in [0.25, 0.3) is 0 Å². The smallest absolute Gasteiger partial charge is 0.416 e. The molecular weight excluding hydrogens is 399 g/mol. The lowest BCUT2D eigenvalue weighted by atomic mass is 10.1. The van der Waals surface area contributed by atoms with E-state index < -0.39 is 30.2 Å². The van der Waals surface area contributed by atoms with Gasteiger partial charge in [0.2, 0.25) is 0 Å². The lowest BCUT2D eigenvalue weighted by Crippen LogP contribution is -2.21. The van der Waals surface area contributed by atoms with Gasteiger partial charge in [0.15, 0.2) is 12.4 Å². The molecule has 0 bridgehead atoms. The molecule has 28 heavy (non-hydrogen) atoms. The van der Waals surface area contributed by atoms with Crippen molar-refractivity contribution in [2.45, 2.75) is 19.0 Å². The maximum absolute atomic E-state index is 12.5. The summed E-state index contributed by atoms with van der Waals surface area (Å²) in [4.78, 5) is 35.3. The number of ketones is 1. The SMILES string of the molecule is O=C(COC(=O)CCC(=O)c1ccc(Cl)cc1)Nc1ccc(C(F)(F)F)cc1. The van der Waals surface area contributed by atoms with Crippen molar-refractivity contribution >= 4 is 34.9 Å². The monoisotopic (exact) mass is 413 g/mol. The minimum Gasteiger partial charge on any atom is -0.456 e. The molecule has 148 valence electrons. The van der Waals surface area contributed by atoms with Gasteiger partial charge in [-0.15, -0.1) is 0 Å². The van der Waals surface area contributed by atoms with Gasteiger partial charge in [0.1, 0.15) is 0 Å². The number of hydrogen-bond acceptors (Lipinski definition) is 4. The zero-order valence-corrected chi connectivity index (χ0v) is 15.1. The number of carbonyl (C=O) groups is 3. The Bertz CT molecular complexity index is 849. The number of anilines is 1. The van der Waals surface area contributed by atoms with Gasteiger partial charge in [0.25, 0.3) is 5.91 Å². The third-order valence-electron chi connectivity index (χ3n) is 3.58. The molecule has 0 aliphatic heterocycles. The molecule has 0 unspecified atom stereocenters. The van der Waals surface area contributed by atoms with Crippen molar-refractivity contribution in [2.75, 3.05) is 11.9 Å². The molecule has 0 spiro atoms. The molecular formula is C19H15ClF3NO4. The molecule has 1 N–H and O–H groups in total. The molecule has 9 heteroatoms. The highest BCUT2D eigenvalue weighted by atomic mass is 35.5. The number of amides is 1. The molecule has 0 fully saturated rings. The number of rotatable bonds is 7. The number of carbonyl (C=O) groups excluding carboxylic acids is 3. The number of alkyl halides is 3. The highest BCUT2D eigenvalue weighted by molar-refractivity contribution is 6.30. The Morgan fingerprint density at radius 2 is 1.54 bits per heavy atom. The summed E-state index contributed by atoms with van der Waals surface area (Å²) in [7, 11) is 0. The first-order valence-electron chi connectivity index (χ1n) is 8.06. The molecule has 5 nitrogen and oxygen atoms in total. The van der Waals surface area contributed by atoms with Gasteiger partial charge in [-0.1, -0.05) is 11.6 Å². The standard InChI is InChI=1S/C19H15ClF3NO4/c20-14-5-1-12(2-6-14)16(25)9-10-18(27)28-11-17(26)24-15-7-3-13(4-8-15)19(21,22)23/h1-8H,9-11H2,(H,24,26). The minimum absolute atomic E-state index is 0.0962. The summed E-state index contributed by atoms with van der Waals surface area (Å²) < 4.78 is 42.2. The first-order valence-corrected chi connectivity index (χ1v) is 8.44. The third kappa shape index (κ3) is 6.70. The summed E-state index contributed by atoms with van der Waals surface area (Å²) in [6, 6.07) is 10.0. The van der Waals surface area contributed by atoms with E-state index in [2.05, 4.69) is 5.32 Å². The predicted octanol–water partition coefficient (Wildman–Crippen LogP) is 4.50. The van der Waals surface area contributed by atoms with Crippen LogP contribution in [0.2, 0.25) is 5.02 Å². The van der Waals surface area contributed by atoms with Crippen molar-refractivity contribution in [3.05, 3.63) is 64.7 Å². The van der Waals surface area contributed by atoms with Crippen LogP contribution in [-0.4, -0.2) is 24.3 Å². The number of benzene rings is 2. The normalized spacial score (nSPS) is 11.0. The van der Waals surface area contributed by atoms with Gasteiger partial charge in [-0.3, -0.25) is 14.4 Å². The van der Waals surface area contributed by atoms with Crippen LogP contribution in [0.1, 0.15) is 28.8 Å². The van der Waals surface area contributed by atoms with Gasteiger partial charge in [0, 0.05) is 22.7 Å². The number of esters is 1. The van der Waals surface area contributed by atoms with Gasteiger partial charge in [-0.05, 0) is 48.5 Å². The van der Waals surface area contributed by atoms with E-state index in [0.29, 0.717) is 10.6 Å². The quantitative estimate of drug-likeness (QED) is 0.535. The molecule has 0 atom stereocenters. The summed E-state index contributed by atoms with van der Waals surface area (Å²) in [5.74, 6) is -1.73. The van der Waals surface area contributed by atoms with Gasteiger partial charge in [-0.2, -0.15) is 13.2 Å².